The summed E-state index contributed by atoms with van der Waals surface area (Å²) in [4.78, 5) is 12.6. The summed E-state index contributed by atoms with van der Waals surface area (Å²) in [5.74, 6) is 0.0819. The Morgan fingerprint density at radius 1 is 1.00 bits per heavy atom. The van der Waals surface area contributed by atoms with Crippen molar-refractivity contribution >= 4 is 27.3 Å². The topological polar surface area (TPSA) is 108 Å². The Morgan fingerprint density at radius 3 is 2.41 bits per heavy atom. The van der Waals surface area contributed by atoms with Crippen LogP contribution in [0.1, 0.15) is 15.9 Å². The van der Waals surface area contributed by atoms with Gasteiger partial charge in [0.25, 0.3) is 15.9 Å². The molecule has 0 unspecified atom stereocenters. The van der Waals surface area contributed by atoms with Crippen LogP contribution in [0.2, 0.25) is 0 Å². The van der Waals surface area contributed by atoms with Gasteiger partial charge < -0.3 is 10.1 Å². The molecule has 3 rings (SSSR count). The van der Waals surface area contributed by atoms with Crippen LogP contribution >= 0.6 is 0 Å². The molecule has 0 fully saturated rings. The minimum absolute atomic E-state index is 0.0658. The van der Waals surface area contributed by atoms with Crippen molar-refractivity contribution in [3.63, 3.8) is 0 Å². The van der Waals surface area contributed by atoms with Crippen LogP contribution in [0.25, 0.3) is 0 Å². The van der Waals surface area contributed by atoms with E-state index in [4.69, 9.17) is 10.00 Å². The van der Waals surface area contributed by atoms with Crippen LogP contribution in [0.15, 0.2) is 77.7 Å². The van der Waals surface area contributed by atoms with Gasteiger partial charge in [0.1, 0.15) is 11.8 Å². The number of para-hydroxylation sites is 1. The predicted octanol–water partition coefficient (Wildman–Crippen LogP) is 3.62. The maximum absolute atomic E-state index is 12.6. The summed E-state index contributed by atoms with van der Waals surface area (Å²) in [6.07, 6.45) is 0. The molecule has 146 valence electrons. The summed E-state index contributed by atoms with van der Waals surface area (Å²) in [5.41, 5.74) is 1.19. The average Bonchev–Trinajstić information content (AvgIpc) is 2.74. The number of sulfonamides is 1. The van der Waals surface area contributed by atoms with Crippen molar-refractivity contribution in [2.24, 2.45) is 0 Å². The summed E-state index contributed by atoms with van der Waals surface area (Å²) < 4.78 is 32.6. The van der Waals surface area contributed by atoms with Gasteiger partial charge in [0.2, 0.25) is 0 Å². The van der Waals surface area contributed by atoms with Crippen molar-refractivity contribution in [1.82, 2.24) is 0 Å². The quantitative estimate of drug-likeness (QED) is 0.649. The molecule has 7 nitrogen and oxygen atoms in total. The molecule has 0 radical (unpaired) electrons. The number of carbonyl (C=O) groups is 1. The Balaban J connectivity index is 1.80. The highest BCUT2D eigenvalue weighted by atomic mass is 32.2. The number of methoxy groups -OCH3 is 1. The van der Waals surface area contributed by atoms with E-state index in [1.165, 1.54) is 25.3 Å². The standard InChI is InChI=1S/C21H17N3O4S/c1-28-18-9-11-19(12-10-18)29(26,27)24-17-7-4-6-15(13-17)21(25)23-20-8-3-2-5-16(20)14-22/h2-13,24H,1H3,(H,23,25). The number of rotatable bonds is 6. The largest absolute Gasteiger partial charge is 0.497 e. The highest BCUT2D eigenvalue weighted by Gasteiger charge is 2.16. The van der Waals surface area contributed by atoms with Gasteiger partial charge in [0.15, 0.2) is 0 Å². The molecule has 0 aliphatic carbocycles. The third kappa shape index (κ3) is 4.72. The molecule has 8 heteroatoms. The van der Waals surface area contributed by atoms with Gasteiger partial charge in [-0.2, -0.15) is 5.26 Å². The predicted molar refractivity (Wildman–Crippen MR) is 109 cm³/mol. The van der Waals surface area contributed by atoms with Crippen LogP contribution in [-0.2, 0) is 10.0 Å². The van der Waals surface area contributed by atoms with Crippen LogP contribution in [-0.4, -0.2) is 21.4 Å². The number of benzene rings is 3. The maximum atomic E-state index is 12.6. The monoisotopic (exact) mass is 407 g/mol. The van der Waals surface area contributed by atoms with Gasteiger partial charge in [-0.3, -0.25) is 9.52 Å². The molecule has 0 spiro atoms. The zero-order valence-corrected chi connectivity index (χ0v) is 16.2. The number of anilines is 2. The van der Waals surface area contributed by atoms with Gasteiger partial charge in [-0.1, -0.05) is 18.2 Å². The molecule has 1 amide bonds. The van der Waals surface area contributed by atoms with Crippen molar-refractivity contribution in [3.8, 4) is 11.8 Å². The first-order valence-corrected chi connectivity index (χ1v) is 9.98. The first-order valence-electron chi connectivity index (χ1n) is 8.50. The number of hydrogen-bond acceptors (Lipinski definition) is 5. The van der Waals surface area contributed by atoms with E-state index in [0.717, 1.165) is 0 Å². The number of amides is 1. The number of nitrogens with one attached hydrogen (secondary N) is 2. The number of carbonyl (C=O) groups excluding carboxylic acids is 1. The van der Waals surface area contributed by atoms with Gasteiger partial charge in [-0.15, -0.1) is 0 Å². The van der Waals surface area contributed by atoms with Gasteiger partial charge in [0, 0.05) is 11.3 Å². The summed E-state index contributed by atoms with van der Waals surface area (Å²) in [6, 6.07) is 20.6. The molecule has 0 atom stereocenters. The molecule has 0 saturated carbocycles. The smallest absolute Gasteiger partial charge is 0.261 e. The van der Waals surface area contributed by atoms with Crippen LogP contribution in [0.3, 0.4) is 0 Å². The van der Waals surface area contributed by atoms with Crippen molar-refractivity contribution in [2.45, 2.75) is 4.90 Å². The molecule has 0 bridgehead atoms. The molecule has 3 aromatic rings. The van der Waals surface area contributed by atoms with Crippen LogP contribution in [0, 0.1) is 11.3 Å². The van der Waals surface area contributed by atoms with E-state index in [1.54, 1.807) is 54.6 Å². The van der Waals surface area contributed by atoms with E-state index >= 15 is 0 Å². The Labute approximate surface area is 168 Å². The van der Waals surface area contributed by atoms with Crippen LogP contribution < -0.4 is 14.8 Å². The Hall–Kier alpha value is -3.83. The maximum Gasteiger partial charge on any atom is 0.261 e. The van der Waals surface area contributed by atoms with Crippen LogP contribution in [0.5, 0.6) is 5.75 Å². The lowest BCUT2D eigenvalue weighted by atomic mass is 10.1. The Bertz CT molecular complexity index is 1180. The second-order valence-electron chi connectivity index (χ2n) is 5.97. The zero-order chi connectivity index (χ0) is 20.9. The number of ether oxygens (including phenoxy) is 1. The molecular formula is C21H17N3O4S. The van der Waals surface area contributed by atoms with E-state index in [2.05, 4.69) is 10.0 Å². The zero-order valence-electron chi connectivity index (χ0n) is 15.4. The summed E-state index contributed by atoms with van der Waals surface area (Å²) in [6.45, 7) is 0. The molecule has 0 aliphatic heterocycles. The van der Waals surface area contributed by atoms with Gasteiger partial charge >= 0.3 is 0 Å². The normalized spacial score (nSPS) is 10.6. The molecule has 0 aliphatic rings. The SMILES string of the molecule is COc1ccc(S(=O)(=O)Nc2cccc(C(=O)Nc3ccccc3C#N)c2)cc1. The summed E-state index contributed by atoms with van der Waals surface area (Å²) >= 11 is 0. The van der Waals surface area contributed by atoms with Crippen molar-refractivity contribution in [2.75, 3.05) is 17.1 Å². The molecule has 2 N–H and O–H groups in total. The second kappa shape index (κ2) is 8.46. The fraction of sp³-hybridized carbons (Fsp3) is 0.0476. The minimum atomic E-state index is -3.83. The molecular weight excluding hydrogens is 390 g/mol. The van der Waals surface area contributed by atoms with Crippen molar-refractivity contribution < 1.29 is 17.9 Å². The van der Waals surface area contributed by atoms with E-state index in [0.29, 0.717) is 17.0 Å². The van der Waals surface area contributed by atoms with Gasteiger partial charge in [-0.05, 0) is 54.6 Å². The Morgan fingerprint density at radius 2 is 1.72 bits per heavy atom. The number of nitriles is 1. The summed E-state index contributed by atoms with van der Waals surface area (Å²) in [7, 11) is -2.34. The lowest BCUT2D eigenvalue weighted by Crippen LogP contribution is -2.15. The van der Waals surface area contributed by atoms with Crippen molar-refractivity contribution in [1.29, 1.82) is 5.26 Å². The fourth-order valence-electron chi connectivity index (χ4n) is 2.58. The minimum Gasteiger partial charge on any atom is -0.497 e. The molecule has 0 aromatic heterocycles. The summed E-state index contributed by atoms with van der Waals surface area (Å²) in [5, 5.41) is 11.8. The first-order chi connectivity index (χ1) is 13.9. The van der Waals surface area contributed by atoms with E-state index < -0.39 is 15.9 Å². The van der Waals surface area contributed by atoms with Crippen LogP contribution in [0.4, 0.5) is 11.4 Å². The van der Waals surface area contributed by atoms with E-state index in [-0.39, 0.29) is 16.1 Å². The fourth-order valence-corrected chi connectivity index (χ4v) is 3.63. The van der Waals surface area contributed by atoms with Gasteiger partial charge in [0.05, 0.1) is 23.3 Å². The third-order valence-corrected chi connectivity index (χ3v) is 5.44. The van der Waals surface area contributed by atoms with E-state index in [9.17, 15) is 13.2 Å². The highest BCUT2D eigenvalue weighted by molar-refractivity contribution is 7.92. The van der Waals surface area contributed by atoms with Crippen molar-refractivity contribution in [3.05, 3.63) is 83.9 Å². The first kappa shape index (κ1) is 19.9. The third-order valence-electron chi connectivity index (χ3n) is 4.04. The lowest BCUT2D eigenvalue weighted by Gasteiger charge is -2.11. The number of nitrogens with zero attached hydrogens (tertiary/aromatic N) is 1. The molecule has 3 aromatic carbocycles. The molecule has 0 saturated heterocycles. The second-order valence-corrected chi connectivity index (χ2v) is 7.66. The molecule has 29 heavy (non-hydrogen) atoms. The Kier molecular flexibility index (Phi) is 5.81. The lowest BCUT2D eigenvalue weighted by molar-refractivity contribution is 0.102. The number of hydrogen-bond donors (Lipinski definition) is 2. The van der Waals surface area contributed by atoms with Gasteiger partial charge in [-0.25, -0.2) is 8.42 Å². The highest BCUT2D eigenvalue weighted by Crippen LogP contribution is 2.21. The molecule has 0 heterocycles. The van der Waals surface area contributed by atoms with E-state index in [1.807, 2.05) is 6.07 Å². The average molecular weight is 407 g/mol.